The summed E-state index contributed by atoms with van der Waals surface area (Å²) in [6.07, 6.45) is 2.07. The molecule has 6 heteroatoms. The second-order valence-corrected chi connectivity index (χ2v) is 10.4. The minimum atomic E-state index is -2.00. The van der Waals surface area contributed by atoms with Crippen molar-refractivity contribution in [1.29, 1.82) is 0 Å². The van der Waals surface area contributed by atoms with Crippen molar-refractivity contribution in [1.82, 2.24) is 5.48 Å². The molecule has 0 bridgehead atoms. The zero-order chi connectivity index (χ0) is 14.4. The number of rotatable bonds is 7. The highest BCUT2D eigenvalue weighted by Gasteiger charge is 2.38. The summed E-state index contributed by atoms with van der Waals surface area (Å²) in [4.78, 5) is 16.0. The molecule has 0 unspecified atom stereocenters. The average molecular weight is 275 g/mol. The van der Waals surface area contributed by atoms with Crippen LogP contribution in [0.4, 0.5) is 0 Å². The van der Waals surface area contributed by atoms with E-state index < -0.39 is 14.3 Å². The van der Waals surface area contributed by atoms with Crippen LogP contribution in [0.5, 0.6) is 0 Å². The fourth-order valence-electron chi connectivity index (χ4n) is 0.732. The maximum Gasteiger partial charge on any atom is 0.357 e. The summed E-state index contributed by atoms with van der Waals surface area (Å²) in [5.74, 6) is -1.09. The van der Waals surface area contributed by atoms with E-state index in [2.05, 4.69) is 39.3 Å². The Morgan fingerprint density at radius 2 is 1.94 bits per heavy atom. The Bertz CT molecular complexity index is 308. The largest absolute Gasteiger partial charge is 0.547 e. The minimum absolute atomic E-state index is 0.0252. The first-order chi connectivity index (χ1) is 8.12. The fraction of sp³-hybridized carbons (Fsp3) is 0.750. The molecule has 106 valence electrons. The molecule has 0 rings (SSSR count). The SMILES string of the molecule is CCCONC(=CO[Si](C)(C)C(C)(C)C)C(=O)O. The Morgan fingerprint density at radius 3 is 2.33 bits per heavy atom. The molecule has 0 amide bonds. The molecule has 0 saturated carbocycles. The van der Waals surface area contributed by atoms with Crippen molar-refractivity contribution in [3.8, 4) is 0 Å². The van der Waals surface area contributed by atoms with Gasteiger partial charge >= 0.3 is 5.97 Å². The highest BCUT2D eigenvalue weighted by atomic mass is 28.4. The summed E-state index contributed by atoms with van der Waals surface area (Å²) >= 11 is 0. The van der Waals surface area contributed by atoms with Crippen LogP contribution >= 0.6 is 0 Å². The third-order valence-electron chi connectivity index (χ3n) is 3.00. The molecule has 0 heterocycles. The van der Waals surface area contributed by atoms with Gasteiger partial charge in [-0.2, -0.15) is 0 Å². The van der Waals surface area contributed by atoms with E-state index in [1.165, 1.54) is 6.26 Å². The lowest BCUT2D eigenvalue weighted by atomic mass is 10.2. The highest BCUT2D eigenvalue weighted by Crippen LogP contribution is 2.36. The Kier molecular flexibility index (Phi) is 6.41. The van der Waals surface area contributed by atoms with Crippen molar-refractivity contribution in [2.75, 3.05) is 6.61 Å². The van der Waals surface area contributed by atoms with Crippen LogP contribution in [-0.4, -0.2) is 26.0 Å². The molecule has 0 aliphatic carbocycles. The van der Waals surface area contributed by atoms with E-state index in [1.807, 2.05) is 6.92 Å². The van der Waals surface area contributed by atoms with Crippen LogP contribution in [0, 0.1) is 0 Å². The number of hydroxylamine groups is 1. The number of aliphatic carboxylic acids is 1. The zero-order valence-corrected chi connectivity index (χ0v) is 13.2. The predicted molar refractivity (Wildman–Crippen MR) is 73.4 cm³/mol. The Morgan fingerprint density at radius 1 is 1.39 bits per heavy atom. The van der Waals surface area contributed by atoms with E-state index in [0.717, 1.165) is 6.42 Å². The van der Waals surface area contributed by atoms with Gasteiger partial charge in [0.05, 0.1) is 12.9 Å². The van der Waals surface area contributed by atoms with Crippen LogP contribution in [0.3, 0.4) is 0 Å². The normalized spacial score (nSPS) is 13.3. The number of carboxylic acids is 1. The van der Waals surface area contributed by atoms with Crippen LogP contribution in [0.1, 0.15) is 34.1 Å². The van der Waals surface area contributed by atoms with Crippen molar-refractivity contribution in [2.45, 2.75) is 52.2 Å². The molecule has 0 radical (unpaired) electrons. The van der Waals surface area contributed by atoms with Crippen LogP contribution in [0.15, 0.2) is 12.0 Å². The van der Waals surface area contributed by atoms with Crippen LogP contribution in [-0.2, 0) is 14.1 Å². The van der Waals surface area contributed by atoms with Gasteiger partial charge in [-0.3, -0.25) is 10.3 Å². The molecule has 0 aromatic rings. The number of nitrogens with one attached hydrogen (secondary N) is 1. The van der Waals surface area contributed by atoms with Gasteiger partial charge in [-0.25, -0.2) is 4.79 Å². The Labute approximate surface area is 110 Å². The van der Waals surface area contributed by atoms with Crippen LogP contribution in [0.25, 0.3) is 0 Å². The van der Waals surface area contributed by atoms with Gasteiger partial charge in [-0.15, -0.1) is 0 Å². The van der Waals surface area contributed by atoms with E-state index in [1.54, 1.807) is 0 Å². The first-order valence-electron chi connectivity index (χ1n) is 6.11. The van der Waals surface area contributed by atoms with Gasteiger partial charge in [0, 0.05) is 0 Å². The Hall–Kier alpha value is -1.01. The summed E-state index contributed by atoms with van der Waals surface area (Å²) in [6.45, 7) is 12.8. The minimum Gasteiger partial charge on any atom is -0.547 e. The van der Waals surface area contributed by atoms with E-state index in [9.17, 15) is 4.79 Å². The number of carboxylic acid groups (broad SMARTS) is 1. The summed E-state index contributed by atoms with van der Waals surface area (Å²) in [5.41, 5.74) is 2.33. The van der Waals surface area contributed by atoms with Crippen molar-refractivity contribution in [3.63, 3.8) is 0 Å². The maximum atomic E-state index is 11.0. The first kappa shape index (κ1) is 17.0. The Balaban J connectivity index is 4.63. The molecular formula is C12H25NO4Si. The summed E-state index contributed by atoms with van der Waals surface area (Å²) in [6, 6.07) is 0. The highest BCUT2D eigenvalue weighted by molar-refractivity contribution is 6.74. The topological polar surface area (TPSA) is 67.8 Å². The smallest absolute Gasteiger partial charge is 0.357 e. The number of hydrogen-bond acceptors (Lipinski definition) is 4. The monoisotopic (exact) mass is 275 g/mol. The standard InChI is InChI=1S/C12H25NO4Si/c1-7-8-16-13-10(11(14)15)9-17-18(5,6)12(2,3)4/h9,13H,7-8H2,1-6H3,(H,14,15). The zero-order valence-electron chi connectivity index (χ0n) is 12.2. The van der Waals surface area contributed by atoms with Crippen molar-refractivity contribution < 1.29 is 19.2 Å². The second kappa shape index (κ2) is 6.80. The molecule has 18 heavy (non-hydrogen) atoms. The van der Waals surface area contributed by atoms with Gasteiger partial charge < -0.3 is 9.53 Å². The van der Waals surface area contributed by atoms with Gasteiger partial charge in [-0.1, -0.05) is 27.7 Å². The van der Waals surface area contributed by atoms with E-state index in [-0.39, 0.29) is 10.7 Å². The van der Waals surface area contributed by atoms with E-state index in [4.69, 9.17) is 14.4 Å². The number of carbonyl (C=O) groups is 1. The molecule has 2 N–H and O–H groups in total. The van der Waals surface area contributed by atoms with Crippen LogP contribution in [0.2, 0.25) is 18.1 Å². The van der Waals surface area contributed by atoms with Crippen molar-refractivity contribution in [3.05, 3.63) is 12.0 Å². The molecule has 0 aromatic heterocycles. The molecule has 0 aliphatic heterocycles. The molecule has 0 atom stereocenters. The summed E-state index contributed by atoms with van der Waals surface area (Å²) in [5, 5.41) is 9.02. The van der Waals surface area contributed by atoms with Crippen LogP contribution < -0.4 is 5.48 Å². The molecule has 0 saturated heterocycles. The van der Waals surface area contributed by atoms with Gasteiger partial charge in [0.2, 0.25) is 8.32 Å². The predicted octanol–water partition coefficient (Wildman–Crippen LogP) is 2.87. The lowest BCUT2D eigenvalue weighted by molar-refractivity contribution is -0.134. The molecule has 0 aliphatic rings. The maximum absolute atomic E-state index is 11.0. The van der Waals surface area contributed by atoms with Gasteiger partial charge in [0.15, 0.2) is 5.70 Å². The van der Waals surface area contributed by atoms with Gasteiger partial charge in [-0.05, 0) is 24.6 Å². The molecule has 0 fully saturated rings. The quantitative estimate of drug-likeness (QED) is 0.246. The third-order valence-corrected chi connectivity index (χ3v) is 7.32. The molecule has 0 spiro atoms. The van der Waals surface area contributed by atoms with Crippen molar-refractivity contribution in [2.24, 2.45) is 0 Å². The van der Waals surface area contributed by atoms with E-state index in [0.29, 0.717) is 6.61 Å². The lowest BCUT2D eigenvalue weighted by Crippen LogP contribution is -2.39. The summed E-state index contributed by atoms with van der Waals surface area (Å²) < 4.78 is 5.70. The van der Waals surface area contributed by atoms with Crippen molar-refractivity contribution >= 4 is 14.3 Å². The van der Waals surface area contributed by atoms with Gasteiger partial charge in [0.1, 0.15) is 0 Å². The number of hydrogen-bond donors (Lipinski definition) is 2. The lowest BCUT2D eigenvalue weighted by Gasteiger charge is -2.35. The molecular weight excluding hydrogens is 250 g/mol. The second-order valence-electron chi connectivity index (χ2n) is 5.67. The third kappa shape index (κ3) is 5.55. The summed E-state index contributed by atoms with van der Waals surface area (Å²) in [7, 11) is -2.00. The molecule has 5 nitrogen and oxygen atoms in total. The average Bonchev–Trinajstić information content (AvgIpc) is 2.20. The molecule has 0 aromatic carbocycles. The van der Waals surface area contributed by atoms with E-state index >= 15 is 0 Å². The van der Waals surface area contributed by atoms with Gasteiger partial charge in [0.25, 0.3) is 0 Å². The fourth-order valence-corrected chi connectivity index (χ4v) is 1.50. The first-order valence-corrected chi connectivity index (χ1v) is 9.01.